The van der Waals surface area contributed by atoms with Crippen LogP contribution in [0, 0.1) is 17.1 Å². The molecule has 1 rings (SSSR count). The van der Waals surface area contributed by atoms with Gasteiger partial charge in [0.1, 0.15) is 11.9 Å². The summed E-state index contributed by atoms with van der Waals surface area (Å²) in [5.41, 5.74) is 5.02. The molecule has 7 heteroatoms. The third-order valence-corrected chi connectivity index (χ3v) is 4.30. The highest BCUT2D eigenvalue weighted by Gasteiger charge is 2.21. The molecule has 0 heterocycles. The summed E-state index contributed by atoms with van der Waals surface area (Å²) in [5.74, 6) is -0.735. The largest absolute Gasteiger partial charge is 0.330 e. The molecule has 0 fully saturated rings. The fourth-order valence-corrected chi connectivity index (χ4v) is 2.60. The van der Waals surface area contributed by atoms with E-state index >= 15 is 0 Å². The highest BCUT2D eigenvalue weighted by molar-refractivity contribution is 7.89. The Morgan fingerprint density at radius 2 is 2.17 bits per heavy atom. The van der Waals surface area contributed by atoms with Crippen LogP contribution < -0.4 is 5.73 Å². The molecule has 0 atom stereocenters. The first-order valence-corrected chi connectivity index (χ1v) is 6.73. The lowest BCUT2D eigenvalue weighted by atomic mass is 10.2. The van der Waals surface area contributed by atoms with Crippen LogP contribution in [0.2, 0.25) is 0 Å². The van der Waals surface area contributed by atoms with Crippen LogP contribution in [0.5, 0.6) is 0 Å². The summed E-state index contributed by atoms with van der Waals surface area (Å²) in [6, 6.07) is 4.76. The Morgan fingerprint density at radius 1 is 1.50 bits per heavy atom. The maximum absolute atomic E-state index is 13.1. The van der Waals surface area contributed by atoms with Crippen LogP contribution in [0.3, 0.4) is 0 Å². The minimum Gasteiger partial charge on any atom is -0.330 e. The molecule has 2 N–H and O–H groups in total. The summed E-state index contributed by atoms with van der Waals surface area (Å²) < 4.78 is 38.4. The van der Waals surface area contributed by atoms with Crippen molar-refractivity contribution in [2.24, 2.45) is 5.73 Å². The first kappa shape index (κ1) is 14.6. The van der Waals surface area contributed by atoms with Gasteiger partial charge in [0.2, 0.25) is 10.0 Å². The molecule has 0 saturated heterocycles. The molecule has 0 aliphatic carbocycles. The first-order valence-electron chi connectivity index (χ1n) is 5.29. The van der Waals surface area contributed by atoms with Crippen molar-refractivity contribution in [2.75, 3.05) is 20.1 Å². The Morgan fingerprint density at radius 3 is 2.72 bits per heavy atom. The maximum atomic E-state index is 13.1. The van der Waals surface area contributed by atoms with Crippen molar-refractivity contribution in [1.82, 2.24) is 4.31 Å². The number of sulfonamides is 1. The normalized spacial score (nSPS) is 11.5. The first-order chi connectivity index (χ1) is 8.43. The molecular formula is C11H14FN3O2S. The van der Waals surface area contributed by atoms with E-state index < -0.39 is 15.8 Å². The molecule has 1 aromatic rings. The highest BCUT2D eigenvalue weighted by atomic mass is 32.2. The van der Waals surface area contributed by atoms with Gasteiger partial charge in [0, 0.05) is 13.6 Å². The van der Waals surface area contributed by atoms with Crippen LogP contribution >= 0.6 is 0 Å². The van der Waals surface area contributed by atoms with Crippen molar-refractivity contribution < 1.29 is 12.8 Å². The Bertz CT molecular complexity index is 566. The number of halogens is 1. The Balaban J connectivity index is 3.10. The van der Waals surface area contributed by atoms with E-state index in [0.29, 0.717) is 13.0 Å². The molecule has 0 bridgehead atoms. The molecule has 0 aromatic heterocycles. The van der Waals surface area contributed by atoms with Crippen molar-refractivity contribution in [3.8, 4) is 6.07 Å². The van der Waals surface area contributed by atoms with Gasteiger partial charge in [0.05, 0.1) is 10.5 Å². The van der Waals surface area contributed by atoms with Crippen LogP contribution in [0.15, 0.2) is 23.1 Å². The van der Waals surface area contributed by atoms with Gasteiger partial charge in [-0.3, -0.25) is 0 Å². The summed E-state index contributed by atoms with van der Waals surface area (Å²) in [5, 5.41) is 8.67. The lowest BCUT2D eigenvalue weighted by Crippen LogP contribution is -2.29. The Hall–Kier alpha value is -1.49. The summed E-state index contributed by atoms with van der Waals surface area (Å²) in [7, 11) is -2.28. The molecule has 0 amide bonds. The zero-order valence-electron chi connectivity index (χ0n) is 9.93. The molecule has 0 spiro atoms. The molecule has 98 valence electrons. The van der Waals surface area contributed by atoms with Gasteiger partial charge in [-0.1, -0.05) is 0 Å². The number of hydrogen-bond acceptors (Lipinski definition) is 4. The molecule has 5 nitrogen and oxygen atoms in total. The van der Waals surface area contributed by atoms with Crippen molar-refractivity contribution in [3.63, 3.8) is 0 Å². The number of rotatable bonds is 5. The highest BCUT2D eigenvalue weighted by Crippen LogP contribution is 2.17. The van der Waals surface area contributed by atoms with Crippen molar-refractivity contribution in [3.05, 3.63) is 29.6 Å². The van der Waals surface area contributed by atoms with Crippen LogP contribution in [0.4, 0.5) is 4.39 Å². The predicted molar refractivity (Wildman–Crippen MR) is 64.6 cm³/mol. The van der Waals surface area contributed by atoms with Crippen LogP contribution in [0.25, 0.3) is 0 Å². The molecule has 0 aliphatic heterocycles. The molecule has 0 saturated carbocycles. The predicted octanol–water partition coefficient (Wildman–Crippen LogP) is 0.667. The van der Waals surface area contributed by atoms with E-state index in [2.05, 4.69) is 0 Å². The van der Waals surface area contributed by atoms with E-state index in [0.717, 1.165) is 22.5 Å². The van der Waals surface area contributed by atoms with Crippen LogP contribution in [-0.2, 0) is 10.0 Å². The monoisotopic (exact) mass is 271 g/mol. The van der Waals surface area contributed by atoms with E-state index in [-0.39, 0.29) is 17.0 Å². The van der Waals surface area contributed by atoms with Gasteiger partial charge in [-0.25, -0.2) is 17.1 Å². The second-order valence-electron chi connectivity index (χ2n) is 3.72. The standard InChI is InChI=1S/C11H14FN3O2S/c1-15(6-2-5-13)18(16,17)10-3-4-11(12)9(7-10)8-14/h3-4,7H,2,5-6,13H2,1H3. The molecular weight excluding hydrogens is 257 g/mol. The molecule has 0 radical (unpaired) electrons. The van der Waals surface area contributed by atoms with Gasteiger partial charge in [-0.15, -0.1) is 0 Å². The van der Waals surface area contributed by atoms with Gasteiger partial charge in [0.15, 0.2) is 0 Å². The third-order valence-electron chi connectivity index (χ3n) is 2.44. The Kier molecular flexibility index (Phi) is 4.78. The van der Waals surface area contributed by atoms with E-state index in [9.17, 15) is 12.8 Å². The smallest absolute Gasteiger partial charge is 0.242 e. The lowest BCUT2D eigenvalue weighted by molar-refractivity contribution is 0.463. The number of hydrogen-bond donors (Lipinski definition) is 1. The van der Waals surface area contributed by atoms with Gasteiger partial charge < -0.3 is 5.73 Å². The molecule has 0 unspecified atom stereocenters. The van der Waals surface area contributed by atoms with Crippen molar-refractivity contribution in [1.29, 1.82) is 5.26 Å². The zero-order chi connectivity index (χ0) is 13.8. The summed E-state index contributed by atoms with van der Waals surface area (Å²) in [6.07, 6.45) is 0.530. The van der Waals surface area contributed by atoms with Crippen LogP contribution in [-0.4, -0.2) is 32.9 Å². The molecule has 18 heavy (non-hydrogen) atoms. The van der Waals surface area contributed by atoms with Crippen LogP contribution in [0.1, 0.15) is 12.0 Å². The third kappa shape index (κ3) is 3.04. The van der Waals surface area contributed by atoms with E-state index in [1.807, 2.05) is 0 Å². The summed E-state index contributed by atoms with van der Waals surface area (Å²) >= 11 is 0. The average Bonchev–Trinajstić information content (AvgIpc) is 2.36. The minimum absolute atomic E-state index is 0.0972. The van der Waals surface area contributed by atoms with Gasteiger partial charge in [-0.2, -0.15) is 5.26 Å². The van der Waals surface area contributed by atoms with E-state index in [1.165, 1.54) is 7.05 Å². The van der Waals surface area contributed by atoms with E-state index in [1.54, 1.807) is 6.07 Å². The zero-order valence-corrected chi connectivity index (χ0v) is 10.7. The van der Waals surface area contributed by atoms with Gasteiger partial charge in [0.25, 0.3) is 0 Å². The molecule has 0 aliphatic rings. The summed E-state index contributed by atoms with van der Waals surface area (Å²) in [6.45, 7) is 0.658. The average molecular weight is 271 g/mol. The SMILES string of the molecule is CN(CCCN)S(=O)(=O)c1ccc(F)c(C#N)c1. The lowest BCUT2D eigenvalue weighted by Gasteiger charge is -2.16. The quantitative estimate of drug-likeness (QED) is 0.852. The van der Waals surface area contributed by atoms with Crippen molar-refractivity contribution in [2.45, 2.75) is 11.3 Å². The second kappa shape index (κ2) is 5.91. The maximum Gasteiger partial charge on any atom is 0.242 e. The second-order valence-corrected chi connectivity index (χ2v) is 5.77. The fourth-order valence-electron chi connectivity index (χ4n) is 1.36. The van der Waals surface area contributed by atoms with Crippen molar-refractivity contribution >= 4 is 10.0 Å². The Labute approximate surface area is 106 Å². The number of nitrogens with two attached hydrogens (primary N) is 1. The number of nitriles is 1. The topological polar surface area (TPSA) is 87.2 Å². The summed E-state index contributed by atoms with van der Waals surface area (Å²) in [4.78, 5) is -0.0972. The number of benzene rings is 1. The molecule has 1 aromatic carbocycles. The van der Waals surface area contributed by atoms with Gasteiger partial charge >= 0.3 is 0 Å². The van der Waals surface area contributed by atoms with E-state index in [4.69, 9.17) is 11.0 Å². The number of nitrogens with zero attached hydrogens (tertiary/aromatic N) is 2. The fraction of sp³-hybridized carbons (Fsp3) is 0.364. The minimum atomic E-state index is -3.70. The van der Waals surface area contributed by atoms with Gasteiger partial charge in [-0.05, 0) is 31.2 Å².